The van der Waals surface area contributed by atoms with E-state index in [2.05, 4.69) is 46.3 Å². The number of hydrogen-bond acceptors (Lipinski definition) is 8. The average Bonchev–Trinajstić information content (AvgIpc) is 2.96. The molecule has 0 aliphatic carbocycles. The summed E-state index contributed by atoms with van der Waals surface area (Å²) in [5.74, 6) is 0. The Bertz CT molecular complexity index is 728. The minimum absolute atomic E-state index is 0.0169. The lowest BCUT2D eigenvalue weighted by molar-refractivity contribution is 0.631. The molecule has 3 aromatic rings. The van der Waals surface area contributed by atoms with Gasteiger partial charge in [0.25, 0.3) is 0 Å². The molecule has 0 aliphatic rings. The molecule has 0 bridgehead atoms. The van der Waals surface area contributed by atoms with E-state index in [1.807, 2.05) is 11.4 Å². The molecular formula is C12H13N5S3. The molecule has 0 atom stereocenters. The molecule has 0 unspecified atom stereocenters. The normalized spacial score (nSPS) is 11.9. The van der Waals surface area contributed by atoms with Crippen molar-refractivity contribution in [3.05, 3.63) is 17.8 Å². The van der Waals surface area contributed by atoms with E-state index >= 15 is 0 Å². The van der Waals surface area contributed by atoms with E-state index in [-0.39, 0.29) is 5.54 Å². The molecule has 3 rings (SSSR count). The fourth-order valence-electron chi connectivity index (χ4n) is 1.55. The second kappa shape index (κ2) is 5.27. The molecule has 0 aliphatic heterocycles. The number of hydrogen-bond donors (Lipinski definition) is 1. The molecule has 0 radical (unpaired) electrons. The Hall–Kier alpha value is -1.25. The molecule has 104 valence electrons. The first-order valence-electron chi connectivity index (χ1n) is 5.99. The number of thiophene rings is 1. The van der Waals surface area contributed by atoms with Gasteiger partial charge in [0.2, 0.25) is 5.13 Å². The van der Waals surface area contributed by atoms with Gasteiger partial charge in [0, 0.05) is 10.9 Å². The van der Waals surface area contributed by atoms with Crippen LogP contribution in [0.3, 0.4) is 0 Å². The SMILES string of the molecule is CC(C)(C)Nc1nnc(Sc2ncnc3sccc23)s1. The van der Waals surface area contributed by atoms with Gasteiger partial charge in [-0.1, -0.05) is 11.3 Å². The Morgan fingerprint density at radius 2 is 2.05 bits per heavy atom. The van der Waals surface area contributed by atoms with Crippen molar-refractivity contribution in [1.29, 1.82) is 0 Å². The maximum atomic E-state index is 4.34. The van der Waals surface area contributed by atoms with Crippen LogP contribution in [0.2, 0.25) is 0 Å². The number of fused-ring (bicyclic) bond motifs is 1. The highest BCUT2D eigenvalue weighted by molar-refractivity contribution is 8.01. The first kappa shape index (κ1) is 13.7. The summed E-state index contributed by atoms with van der Waals surface area (Å²) in [5.41, 5.74) is -0.0169. The third-order valence-corrected chi connectivity index (χ3v) is 5.03. The topological polar surface area (TPSA) is 63.6 Å². The minimum Gasteiger partial charge on any atom is -0.355 e. The van der Waals surface area contributed by atoms with Crippen LogP contribution in [-0.4, -0.2) is 25.7 Å². The largest absolute Gasteiger partial charge is 0.355 e. The summed E-state index contributed by atoms with van der Waals surface area (Å²) in [6, 6.07) is 2.04. The van der Waals surface area contributed by atoms with Crippen molar-refractivity contribution in [3.63, 3.8) is 0 Å². The maximum Gasteiger partial charge on any atom is 0.206 e. The lowest BCUT2D eigenvalue weighted by atomic mass is 10.1. The molecule has 0 saturated carbocycles. The van der Waals surface area contributed by atoms with Crippen molar-refractivity contribution in [3.8, 4) is 0 Å². The summed E-state index contributed by atoms with van der Waals surface area (Å²) in [6.45, 7) is 6.29. The van der Waals surface area contributed by atoms with Gasteiger partial charge in [-0.15, -0.1) is 21.5 Å². The molecule has 5 nitrogen and oxygen atoms in total. The van der Waals surface area contributed by atoms with Gasteiger partial charge in [-0.3, -0.25) is 0 Å². The van der Waals surface area contributed by atoms with Crippen LogP contribution in [0.4, 0.5) is 5.13 Å². The summed E-state index contributed by atoms with van der Waals surface area (Å²) in [7, 11) is 0. The summed E-state index contributed by atoms with van der Waals surface area (Å²) in [6.07, 6.45) is 1.59. The molecule has 0 fully saturated rings. The number of aromatic nitrogens is 4. The van der Waals surface area contributed by atoms with Crippen LogP contribution >= 0.6 is 34.4 Å². The third-order valence-electron chi connectivity index (χ3n) is 2.30. The smallest absolute Gasteiger partial charge is 0.206 e. The van der Waals surface area contributed by atoms with Gasteiger partial charge in [-0.2, -0.15) is 0 Å². The van der Waals surface area contributed by atoms with E-state index in [1.54, 1.807) is 17.7 Å². The van der Waals surface area contributed by atoms with E-state index in [0.29, 0.717) is 0 Å². The highest BCUT2D eigenvalue weighted by atomic mass is 32.2. The lowest BCUT2D eigenvalue weighted by Gasteiger charge is -2.18. The monoisotopic (exact) mass is 323 g/mol. The van der Waals surface area contributed by atoms with E-state index in [4.69, 9.17) is 0 Å². The number of anilines is 1. The summed E-state index contributed by atoms with van der Waals surface area (Å²) >= 11 is 4.68. The molecule has 3 aromatic heterocycles. The first-order chi connectivity index (χ1) is 9.51. The van der Waals surface area contributed by atoms with Crippen molar-refractivity contribution >= 4 is 49.8 Å². The third kappa shape index (κ3) is 3.08. The highest BCUT2D eigenvalue weighted by Crippen LogP contribution is 2.35. The average molecular weight is 323 g/mol. The highest BCUT2D eigenvalue weighted by Gasteiger charge is 2.15. The molecule has 8 heteroatoms. The standard InChI is InChI=1S/C12H13N5S3/c1-12(2,3)15-10-16-17-11(20-10)19-9-7-4-5-18-8(7)13-6-14-9/h4-6H,1-3H3,(H,15,16). The van der Waals surface area contributed by atoms with Crippen LogP contribution in [0, 0.1) is 0 Å². The number of nitrogens with one attached hydrogen (secondary N) is 1. The van der Waals surface area contributed by atoms with Crippen LogP contribution in [0.1, 0.15) is 20.8 Å². The Kier molecular flexibility index (Phi) is 3.61. The van der Waals surface area contributed by atoms with E-state index in [0.717, 1.165) is 24.7 Å². The maximum absolute atomic E-state index is 4.34. The Morgan fingerprint density at radius 1 is 1.20 bits per heavy atom. The minimum atomic E-state index is -0.0169. The van der Waals surface area contributed by atoms with Gasteiger partial charge in [0.15, 0.2) is 4.34 Å². The summed E-state index contributed by atoms with van der Waals surface area (Å²) in [5, 5.41) is 16.5. The van der Waals surface area contributed by atoms with Gasteiger partial charge in [-0.25, -0.2) is 9.97 Å². The second-order valence-electron chi connectivity index (χ2n) is 5.17. The lowest BCUT2D eigenvalue weighted by Crippen LogP contribution is -2.25. The molecule has 1 N–H and O–H groups in total. The van der Waals surface area contributed by atoms with Crippen molar-refractivity contribution < 1.29 is 0 Å². The Balaban J connectivity index is 1.83. The van der Waals surface area contributed by atoms with Crippen LogP contribution in [0.15, 0.2) is 27.1 Å². The second-order valence-corrected chi connectivity index (χ2v) is 8.28. The zero-order valence-electron chi connectivity index (χ0n) is 11.2. The molecule has 0 spiro atoms. The van der Waals surface area contributed by atoms with Gasteiger partial charge >= 0.3 is 0 Å². The van der Waals surface area contributed by atoms with Crippen molar-refractivity contribution in [2.45, 2.75) is 35.7 Å². The van der Waals surface area contributed by atoms with Crippen LogP contribution < -0.4 is 5.32 Å². The van der Waals surface area contributed by atoms with Crippen molar-refractivity contribution in [2.75, 3.05) is 5.32 Å². The molecule has 20 heavy (non-hydrogen) atoms. The quantitative estimate of drug-likeness (QED) is 0.737. The predicted molar refractivity (Wildman–Crippen MR) is 84.8 cm³/mol. The fourth-order valence-corrected chi connectivity index (χ4v) is 4.30. The van der Waals surface area contributed by atoms with Crippen molar-refractivity contribution in [2.24, 2.45) is 0 Å². The van der Waals surface area contributed by atoms with Gasteiger partial charge in [0.05, 0.1) is 0 Å². The molecular weight excluding hydrogens is 310 g/mol. The first-order valence-corrected chi connectivity index (χ1v) is 8.50. The molecule has 3 heterocycles. The Morgan fingerprint density at radius 3 is 2.85 bits per heavy atom. The fraction of sp³-hybridized carbons (Fsp3) is 0.333. The van der Waals surface area contributed by atoms with E-state index in [9.17, 15) is 0 Å². The van der Waals surface area contributed by atoms with Crippen molar-refractivity contribution in [1.82, 2.24) is 20.2 Å². The van der Waals surface area contributed by atoms with Gasteiger partial charge in [-0.05, 0) is 44.0 Å². The molecule has 0 aromatic carbocycles. The summed E-state index contributed by atoms with van der Waals surface area (Å²) < 4.78 is 0.878. The number of nitrogens with zero attached hydrogens (tertiary/aromatic N) is 4. The van der Waals surface area contributed by atoms with Crippen LogP contribution in [0.25, 0.3) is 10.2 Å². The zero-order chi connectivity index (χ0) is 14.2. The summed E-state index contributed by atoms with van der Waals surface area (Å²) in [4.78, 5) is 9.58. The number of rotatable bonds is 3. The molecule has 0 saturated heterocycles. The molecule has 0 amide bonds. The van der Waals surface area contributed by atoms with Gasteiger partial charge < -0.3 is 5.32 Å². The van der Waals surface area contributed by atoms with Crippen LogP contribution in [-0.2, 0) is 0 Å². The Labute approximate surface area is 128 Å². The van der Waals surface area contributed by atoms with Crippen LogP contribution in [0.5, 0.6) is 0 Å². The van der Waals surface area contributed by atoms with E-state index < -0.39 is 0 Å². The van der Waals surface area contributed by atoms with Gasteiger partial charge in [0.1, 0.15) is 16.2 Å². The predicted octanol–water partition coefficient (Wildman–Crippen LogP) is 3.90. The van der Waals surface area contributed by atoms with E-state index in [1.165, 1.54) is 23.1 Å². The zero-order valence-corrected chi connectivity index (χ0v) is 13.7.